The summed E-state index contributed by atoms with van der Waals surface area (Å²) >= 11 is 0. The molecule has 0 aromatic heterocycles. The Kier molecular flexibility index (Phi) is 43.6. The van der Waals surface area contributed by atoms with E-state index in [1.807, 2.05) is 6.08 Å². The van der Waals surface area contributed by atoms with E-state index in [2.05, 4.69) is 153 Å². The number of amides is 1. The fraction of sp³-hybridized carbons (Fsp3) is 0.528. The predicted octanol–water partition coefficient (Wildman–Crippen LogP) is 14.5. The fourth-order valence-corrected chi connectivity index (χ4v) is 5.61. The summed E-state index contributed by atoms with van der Waals surface area (Å²) < 4.78 is 0. The SMILES string of the molecule is CC/C=C\C/C=C\C/C=C\C/C=C\C/C=C\C/C=C\C/C=C\C/C=C\C/C=C\CCCCCC(=O)NC(CO)C(O)/C=C/CC/C=C/CC/C=C/CCCCCC. The fourth-order valence-electron chi connectivity index (χ4n) is 5.61. The smallest absolute Gasteiger partial charge is 0.220 e. The zero-order valence-corrected chi connectivity index (χ0v) is 36.3. The first kappa shape index (κ1) is 53.3. The molecule has 0 aliphatic carbocycles. The summed E-state index contributed by atoms with van der Waals surface area (Å²) in [5, 5.41) is 22.9. The topological polar surface area (TPSA) is 69.6 Å². The maximum atomic E-state index is 12.4. The van der Waals surface area contributed by atoms with Crippen LogP contribution in [0.1, 0.15) is 162 Å². The quantitative estimate of drug-likeness (QED) is 0.0432. The number of unbranched alkanes of at least 4 members (excludes halogenated alkanes) is 9. The summed E-state index contributed by atoms with van der Waals surface area (Å²) in [6.45, 7) is 4.11. The second-order valence-corrected chi connectivity index (χ2v) is 14.4. The van der Waals surface area contributed by atoms with Gasteiger partial charge < -0.3 is 15.5 Å². The molecule has 0 bridgehead atoms. The lowest BCUT2D eigenvalue weighted by Gasteiger charge is -2.19. The van der Waals surface area contributed by atoms with E-state index >= 15 is 0 Å². The molecule has 0 heterocycles. The number of nitrogens with one attached hydrogen (secondary N) is 1. The van der Waals surface area contributed by atoms with Crippen LogP contribution in [0.15, 0.2) is 146 Å². The number of aliphatic hydroxyl groups excluding tert-OH is 2. The number of hydrogen-bond donors (Lipinski definition) is 3. The Morgan fingerprint density at radius 1 is 0.439 bits per heavy atom. The van der Waals surface area contributed by atoms with Crippen LogP contribution in [0.2, 0.25) is 0 Å². The molecule has 3 N–H and O–H groups in total. The maximum absolute atomic E-state index is 12.4. The second-order valence-electron chi connectivity index (χ2n) is 14.4. The molecule has 0 saturated heterocycles. The average Bonchev–Trinajstić information content (AvgIpc) is 3.22. The third-order valence-corrected chi connectivity index (χ3v) is 9.03. The van der Waals surface area contributed by atoms with Crippen LogP contribution in [-0.4, -0.2) is 34.9 Å². The van der Waals surface area contributed by atoms with Gasteiger partial charge in [-0.1, -0.05) is 185 Å². The summed E-state index contributed by atoms with van der Waals surface area (Å²) in [5.74, 6) is -0.119. The second kappa shape index (κ2) is 46.7. The van der Waals surface area contributed by atoms with E-state index in [4.69, 9.17) is 0 Å². The van der Waals surface area contributed by atoms with E-state index in [0.29, 0.717) is 6.42 Å². The third kappa shape index (κ3) is 43.2. The van der Waals surface area contributed by atoms with Crippen LogP contribution in [0.25, 0.3) is 0 Å². The Labute approximate surface area is 351 Å². The van der Waals surface area contributed by atoms with Gasteiger partial charge in [0, 0.05) is 6.42 Å². The van der Waals surface area contributed by atoms with Crippen molar-refractivity contribution in [2.24, 2.45) is 0 Å². The summed E-state index contributed by atoms with van der Waals surface area (Å²) in [4.78, 5) is 12.4. The minimum atomic E-state index is -0.894. The lowest BCUT2D eigenvalue weighted by atomic mass is 10.1. The number of hydrogen-bond acceptors (Lipinski definition) is 3. The summed E-state index contributed by atoms with van der Waals surface area (Å²) in [5.41, 5.74) is 0. The Morgan fingerprint density at radius 2 is 0.789 bits per heavy atom. The van der Waals surface area contributed by atoms with Crippen LogP contribution in [0.5, 0.6) is 0 Å². The Hall–Kier alpha value is -3.73. The van der Waals surface area contributed by atoms with Crippen molar-refractivity contribution >= 4 is 5.91 Å². The molecule has 0 aromatic rings. The van der Waals surface area contributed by atoms with Gasteiger partial charge in [0.15, 0.2) is 0 Å². The minimum Gasteiger partial charge on any atom is -0.394 e. The van der Waals surface area contributed by atoms with E-state index in [9.17, 15) is 15.0 Å². The average molecular weight is 782 g/mol. The molecule has 0 radical (unpaired) electrons. The zero-order chi connectivity index (χ0) is 41.4. The largest absolute Gasteiger partial charge is 0.394 e. The van der Waals surface area contributed by atoms with Crippen LogP contribution in [0.3, 0.4) is 0 Å². The van der Waals surface area contributed by atoms with Gasteiger partial charge in [-0.3, -0.25) is 4.79 Å². The molecule has 2 atom stereocenters. The van der Waals surface area contributed by atoms with Gasteiger partial charge in [0.1, 0.15) is 0 Å². The maximum Gasteiger partial charge on any atom is 0.220 e. The Bertz CT molecular complexity index is 1250. The molecule has 0 rings (SSSR count). The summed E-state index contributed by atoms with van der Waals surface area (Å²) in [6.07, 6.45) is 75.2. The molecule has 1 amide bonds. The van der Waals surface area contributed by atoms with Crippen LogP contribution in [0, 0.1) is 0 Å². The van der Waals surface area contributed by atoms with Gasteiger partial charge in [-0.25, -0.2) is 0 Å². The number of rotatable bonds is 38. The summed E-state index contributed by atoms with van der Waals surface area (Å²) in [7, 11) is 0. The van der Waals surface area contributed by atoms with Crippen molar-refractivity contribution in [3.05, 3.63) is 146 Å². The Balaban J connectivity index is 3.80. The van der Waals surface area contributed by atoms with Crippen LogP contribution in [0.4, 0.5) is 0 Å². The number of carbonyl (C=O) groups is 1. The molecule has 0 aromatic carbocycles. The predicted molar refractivity (Wildman–Crippen MR) is 252 cm³/mol. The molecular weight excluding hydrogens is 699 g/mol. The molecule has 57 heavy (non-hydrogen) atoms. The van der Waals surface area contributed by atoms with Gasteiger partial charge in [-0.2, -0.15) is 0 Å². The first-order chi connectivity index (χ1) is 28.2. The third-order valence-electron chi connectivity index (χ3n) is 9.03. The molecule has 4 nitrogen and oxygen atoms in total. The van der Waals surface area contributed by atoms with Crippen LogP contribution < -0.4 is 5.32 Å². The molecule has 4 heteroatoms. The van der Waals surface area contributed by atoms with Gasteiger partial charge >= 0.3 is 0 Å². The van der Waals surface area contributed by atoms with Crippen molar-refractivity contribution in [1.29, 1.82) is 0 Å². The van der Waals surface area contributed by atoms with Gasteiger partial charge in [0.2, 0.25) is 5.91 Å². The molecule has 318 valence electrons. The van der Waals surface area contributed by atoms with E-state index in [-0.39, 0.29) is 12.5 Å². The first-order valence-electron chi connectivity index (χ1n) is 22.5. The van der Waals surface area contributed by atoms with Crippen molar-refractivity contribution < 1.29 is 15.0 Å². The van der Waals surface area contributed by atoms with Crippen LogP contribution >= 0.6 is 0 Å². The highest BCUT2D eigenvalue weighted by Crippen LogP contribution is 2.07. The van der Waals surface area contributed by atoms with E-state index in [1.165, 1.54) is 32.1 Å². The molecule has 0 fully saturated rings. The minimum absolute atomic E-state index is 0.119. The van der Waals surface area contributed by atoms with Crippen LogP contribution in [-0.2, 0) is 4.79 Å². The van der Waals surface area contributed by atoms with Crippen molar-refractivity contribution in [3.63, 3.8) is 0 Å². The first-order valence-corrected chi connectivity index (χ1v) is 22.5. The van der Waals surface area contributed by atoms with Crippen molar-refractivity contribution in [2.45, 2.75) is 174 Å². The molecule has 0 spiro atoms. The van der Waals surface area contributed by atoms with E-state index in [1.54, 1.807) is 6.08 Å². The number of carbonyl (C=O) groups excluding carboxylic acids is 1. The molecule has 0 aliphatic heterocycles. The van der Waals surface area contributed by atoms with Gasteiger partial charge in [0.05, 0.1) is 18.8 Å². The zero-order valence-electron chi connectivity index (χ0n) is 36.3. The van der Waals surface area contributed by atoms with Crippen molar-refractivity contribution in [2.75, 3.05) is 6.61 Å². The van der Waals surface area contributed by atoms with E-state index < -0.39 is 12.1 Å². The monoisotopic (exact) mass is 782 g/mol. The normalized spacial score (nSPS) is 14.4. The summed E-state index contributed by atoms with van der Waals surface area (Å²) in [6, 6.07) is -0.674. The van der Waals surface area contributed by atoms with Gasteiger partial charge in [-0.05, 0) is 116 Å². The van der Waals surface area contributed by atoms with E-state index in [0.717, 1.165) is 109 Å². The molecule has 0 saturated carbocycles. The number of aliphatic hydroxyl groups is 2. The van der Waals surface area contributed by atoms with Crippen molar-refractivity contribution in [3.8, 4) is 0 Å². The molecule has 0 aliphatic rings. The highest BCUT2D eigenvalue weighted by atomic mass is 16.3. The lowest BCUT2D eigenvalue weighted by molar-refractivity contribution is -0.123. The standard InChI is InChI=1S/C53H83NO3/c1-3-5-7-9-11-13-15-17-19-20-21-22-23-24-25-26-27-28-29-30-31-32-33-34-35-37-39-41-43-45-47-49-53(57)54-51(50-55)52(56)48-46-44-42-40-38-36-18-16-14-12-10-8-6-4-2/h5,7,11,13-14,16-17,19,21-22,24-25,27-28,30-31,33-34,37-40,46,48,51-52,55-56H,3-4,6,8-10,12,15,18,20,23,26,29,32,35-36,41-45,47,49-50H2,1-2H3,(H,54,57)/b7-5-,13-11-,16-14+,19-17-,22-21-,25-24-,28-27-,31-30-,34-33-,39-37-,40-38+,48-46+. The molecular formula is C53H83NO3. The highest BCUT2D eigenvalue weighted by molar-refractivity contribution is 5.76. The highest BCUT2D eigenvalue weighted by Gasteiger charge is 2.17. The molecule has 2 unspecified atom stereocenters. The number of allylic oxidation sites excluding steroid dienone is 23. The lowest BCUT2D eigenvalue weighted by Crippen LogP contribution is -2.45. The van der Waals surface area contributed by atoms with Crippen molar-refractivity contribution in [1.82, 2.24) is 5.32 Å². The van der Waals surface area contributed by atoms with Gasteiger partial charge in [-0.15, -0.1) is 0 Å². The Morgan fingerprint density at radius 3 is 1.19 bits per heavy atom. The van der Waals surface area contributed by atoms with Gasteiger partial charge in [0.25, 0.3) is 0 Å².